The van der Waals surface area contributed by atoms with Crippen molar-refractivity contribution in [2.45, 2.75) is 39.3 Å². The fourth-order valence-electron chi connectivity index (χ4n) is 0.969. The molecule has 0 aliphatic heterocycles. The quantitative estimate of drug-likeness (QED) is 0.536. The molecule has 0 unspecified atom stereocenters. The van der Waals surface area contributed by atoms with Crippen LogP contribution >= 0.6 is 0 Å². The van der Waals surface area contributed by atoms with Crippen LogP contribution < -0.4 is 0 Å². The number of hydrogen-bond donors (Lipinski definition) is 0. The highest BCUT2D eigenvalue weighted by molar-refractivity contribution is 6.84. The van der Waals surface area contributed by atoms with E-state index in [2.05, 4.69) is 72.4 Å². The Bertz CT molecular complexity index is 475. The summed E-state index contributed by atoms with van der Waals surface area (Å²) in [7, 11) is -2.69. The number of rotatable bonds is 0. The molecule has 0 radical (unpaired) electrons. The molecule has 4 heteroatoms. The Hall–Kier alpha value is -1.37. The van der Waals surface area contributed by atoms with Crippen LogP contribution in [-0.4, -0.2) is 26.3 Å². The second-order valence-electron chi connectivity index (χ2n) is 6.30. The van der Waals surface area contributed by atoms with E-state index in [1.54, 1.807) is 0 Å². The maximum absolute atomic E-state index is 4.09. The summed E-state index contributed by atoms with van der Waals surface area (Å²) >= 11 is 0. The van der Waals surface area contributed by atoms with E-state index in [0.29, 0.717) is 0 Å². The molecule has 0 atom stereocenters. The third-order valence-corrected chi connectivity index (χ3v) is 3.55. The van der Waals surface area contributed by atoms with Crippen molar-refractivity contribution in [3.05, 3.63) is 23.5 Å². The first-order valence-electron chi connectivity index (χ1n) is 6.06. The van der Waals surface area contributed by atoms with E-state index in [1.807, 2.05) is 12.1 Å². The third kappa shape index (κ3) is 6.39. The molecule has 94 valence electrons. The van der Waals surface area contributed by atoms with Gasteiger partial charge in [-0.15, -0.1) is 21.3 Å². The fraction of sp³-hybridized carbons (Fsp3) is 0.429. The van der Waals surface area contributed by atoms with Crippen molar-refractivity contribution in [3.8, 4) is 22.9 Å². The van der Waals surface area contributed by atoms with Crippen LogP contribution in [0.25, 0.3) is 0 Å². The van der Waals surface area contributed by atoms with Gasteiger partial charge in [0.2, 0.25) is 0 Å². The summed E-state index contributed by atoms with van der Waals surface area (Å²) in [4.78, 5) is 0. The van der Waals surface area contributed by atoms with Crippen LogP contribution in [0.3, 0.4) is 0 Å². The molecule has 1 aromatic heterocycles. The van der Waals surface area contributed by atoms with Crippen molar-refractivity contribution in [2.75, 3.05) is 0 Å². The summed E-state index contributed by atoms with van der Waals surface area (Å²) in [6, 6.07) is 3.79. The van der Waals surface area contributed by atoms with Gasteiger partial charge in [-0.1, -0.05) is 51.1 Å². The zero-order valence-corrected chi connectivity index (χ0v) is 14.0. The Labute approximate surface area is 112 Å². The first-order valence-corrected chi connectivity index (χ1v) is 13.1. The lowest BCUT2D eigenvalue weighted by molar-refractivity contribution is 0.998. The molecule has 0 saturated carbocycles. The Morgan fingerprint density at radius 3 is 1.28 bits per heavy atom. The minimum atomic E-state index is -1.34. The van der Waals surface area contributed by atoms with Gasteiger partial charge in [0.15, 0.2) is 0 Å². The average molecular weight is 272 g/mol. The minimum absolute atomic E-state index is 0.732. The van der Waals surface area contributed by atoms with Crippen molar-refractivity contribution in [2.24, 2.45) is 0 Å². The SMILES string of the molecule is C[Si](C)(C)C#Cc1ccc(C#C[Si](C)(C)C)nn1. The second-order valence-corrected chi connectivity index (χ2v) is 15.8. The standard InChI is InChI=1S/C14H20N2Si2/c1-17(2,3)11-9-13-7-8-14(16-15-13)10-12-18(4,5)6/h7-8H,1-6H3. The molecule has 0 amide bonds. The van der Waals surface area contributed by atoms with Crippen LogP contribution in [0.2, 0.25) is 39.3 Å². The summed E-state index contributed by atoms with van der Waals surface area (Å²) in [5, 5.41) is 8.19. The van der Waals surface area contributed by atoms with Gasteiger partial charge in [-0.3, -0.25) is 0 Å². The molecule has 0 aromatic carbocycles. The van der Waals surface area contributed by atoms with E-state index < -0.39 is 16.1 Å². The lowest BCUT2D eigenvalue weighted by atomic mass is 10.3. The third-order valence-electron chi connectivity index (χ3n) is 1.80. The van der Waals surface area contributed by atoms with Crippen molar-refractivity contribution < 1.29 is 0 Å². The number of nitrogens with zero attached hydrogens (tertiary/aromatic N) is 2. The molecule has 0 spiro atoms. The van der Waals surface area contributed by atoms with Gasteiger partial charge in [0.05, 0.1) is 0 Å². The van der Waals surface area contributed by atoms with Crippen LogP contribution in [0.4, 0.5) is 0 Å². The molecule has 18 heavy (non-hydrogen) atoms. The molecular weight excluding hydrogens is 252 g/mol. The van der Waals surface area contributed by atoms with E-state index in [-0.39, 0.29) is 0 Å². The predicted molar refractivity (Wildman–Crippen MR) is 82.5 cm³/mol. The molecular formula is C14H20N2Si2. The van der Waals surface area contributed by atoms with Crippen LogP contribution in [0, 0.1) is 22.9 Å². The molecule has 0 aliphatic rings. The number of hydrogen-bond acceptors (Lipinski definition) is 2. The largest absolute Gasteiger partial charge is 0.141 e. The molecule has 1 rings (SSSR count). The van der Waals surface area contributed by atoms with Crippen LogP contribution in [0.15, 0.2) is 12.1 Å². The Kier molecular flexibility index (Phi) is 4.50. The normalized spacial score (nSPS) is 11.0. The van der Waals surface area contributed by atoms with Gasteiger partial charge in [0, 0.05) is 0 Å². The highest BCUT2D eigenvalue weighted by Crippen LogP contribution is 2.00. The smallest absolute Gasteiger partial charge is 0.135 e. The molecule has 1 aromatic rings. The lowest BCUT2D eigenvalue weighted by Crippen LogP contribution is -2.16. The van der Waals surface area contributed by atoms with Gasteiger partial charge in [0.1, 0.15) is 27.5 Å². The average Bonchev–Trinajstić information content (AvgIpc) is 2.23. The van der Waals surface area contributed by atoms with Crippen LogP contribution in [0.1, 0.15) is 11.4 Å². The first-order chi connectivity index (χ1) is 8.16. The maximum Gasteiger partial charge on any atom is 0.135 e. The van der Waals surface area contributed by atoms with Gasteiger partial charge < -0.3 is 0 Å². The van der Waals surface area contributed by atoms with Crippen molar-refractivity contribution in [3.63, 3.8) is 0 Å². The Balaban J connectivity index is 2.86. The Morgan fingerprint density at radius 1 is 0.722 bits per heavy atom. The van der Waals surface area contributed by atoms with Crippen LogP contribution in [0.5, 0.6) is 0 Å². The van der Waals surface area contributed by atoms with Gasteiger partial charge in [-0.2, -0.15) is 0 Å². The number of aromatic nitrogens is 2. The van der Waals surface area contributed by atoms with E-state index in [0.717, 1.165) is 11.4 Å². The lowest BCUT2D eigenvalue weighted by Gasteiger charge is -2.03. The first kappa shape index (κ1) is 14.7. The molecule has 0 bridgehead atoms. The van der Waals surface area contributed by atoms with Gasteiger partial charge >= 0.3 is 0 Å². The molecule has 2 nitrogen and oxygen atoms in total. The van der Waals surface area contributed by atoms with Crippen molar-refractivity contribution in [1.29, 1.82) is 0 Å². The summed E-state index contributed by atoms with van der Waals surface area (Å²) in [5.74, 6) is 6.17. The topological polar surface area (TPSA) is 25.8 Å². The maximum atomic E-state index is 4.09. The summed E-state index contributed by atoms with van der Waals surface area (Å²) in [6.07, 6.45) is 0. The van der Waals surface area contributed by atoms with Gasteiger partial charge in [-0.25, -0.2) is 0 Å². The van der Waals surface area contributed by atoms with E-state index >= 15 is 0 Å². The van der Waals surface area contributed by atoms with Gasteiger partial charge in [0.25, 0.3) is 0 Å². The van der Waals surface area contributed by atoms with E-state index in [4.69, 9.17) is 0 Å². The molecule has 1 heterocycles. The van der Waals surface area contributed by atoms with Gasteiger partial charge in [-0.05, 0) is 12.1 Å². The van der Waals surface area contributed by atoms with E-state index in [9.17, 15) is 0 Å². The zero-order chi connectivity index (χ0) is 13.8. The zero-order valence-electron chi connectivity index (χ0n) is 12.0. The van der Waals surface area contributed by atoms with Crippen LogP contribution in [-0.2, 0) is 0 Å². The summed E-state index contributed by atoms with van der Waals surface area (Å²) in [6.45, 7) is 13.3. The minimum Gasteiger partial charge on any atom is -0.141 e. The second kappa shape index (κ2) is 5.52. The Morgan fingerprint density at radius 2 is 1.06 bits per heavy atom. The highest BCUT2D eigenvalue weighted by atomic mass is 28.3. The molecule has 0 aliphatic carbocycles. The monoisotopic (exact) mass is 272 g/mol. The molecule has 0 fully saturated rings. The fourth-order valence-corrected chi connectivity index (χ4v) is 1.97. The summed E-state index contributed by atoms with van der Waals surface area (Å²) < 4.78 is 0. The van der Waals surface area contributed by atoms with Crippen molar-refractivity contribution >= 4 is 16.1 Å². The summed E-state index contributed by atoms with van der Waals surface area (Å²) in [5.41, 5.74) is 8.01. The van der Waals surface area contributed by atoms with Crippen molar-refractivity contribution in [1.82, 2.24) is 10.2 Å². The highest BCUT2D eigenvalue weighted by Gasteiger charge is 2.08. The predicted octanol–water partition coefficient (Wildman–Crippen LogP) is 2.93. The molecule has 0 N–H and O–H groups in total. The van der Waals surface area contributed by atoms with E-state index in [1.165, 1.54) is 0 Å². The molecule has 0 saturated heterocycles.